The van der Waals surface area contributed by atoms with E-state index in [9.17, 15) is 4.79 Å². The lowest BCUT2D eigenvalue weighted by Gasteiger charge is -2.27. The van der Waals surface area contributed by atoms with Crippen molar-refractivity contribution in [2.45, 2.75) is 31.8 Å². The lowest BCUT2D eigenvalue weighted by atomic mass is 9.87. The van der Waals surface area contributed by atoms with E-state index in [0.717, 1.165) is 25.7 Å². The molecule has 94 valence electrons. The molecule has 0 saturated heterocycles. The molecule has 0 radical (unpaired) electrons. The molecule has 0 aromatic heterocycles. The Kier molecular flexibility index (Phi) is 3.83. The maximum absolute atomic E-state index is 10.7. The molecule has 2 atom stereocenters. The maximum atomic E-state index is 10.7. The minimum atomic E-state index is -0.950. The molecule has 2 rings (SSSR count). The van der Waals surface area contributed by atoms with Gasteiger partial charge in [-0.2, -0.15) is 5.26 Å². The van der Waals surface area contributed by atoms with Crippen LogP contribution >= 0.6 is 0 Å². The van der Waals surface area contributed by atoms with Gasteiger partial charge < -0.3 is 9.84 Å². The van der Waals surface area contributed by atoms with Gasteiger partial charge in [0.25, 0.3) is 0 Å². The summed E-state index contributed by atoms with van der Waals surface area (Å²) in [5, 5.41) is 17.8. The van der Waals surface area contributed by atoms with Crippen molar-refractivity contribution in [3.8, 4) is 11.8 Å². The van der Waals surface area contributed by atoms with Gasteiger partial charge in [-0.15, -0.1) is 0 Å². The standard InChI is InChI=1S/C14H15NO3/c15-9-11-3-1-2-4-13(11)18-12-7-5-10(6-8-12)14(16)17/h5-8,11,13H,1-4H2,(H,16,17). The van der Waals surface area contributed by atoms with Crippen LogP contribution in [0.4, 0.5) is 0 Å². The third kappa shape index (κ3) is 2.80. The number of nitriles is 1. The molecule has 0 bridgehead atoms. The van der Waals surface area contributed by atoms with Gasteiger partial charge in [-0.05, 0) is 43.5 Å². The van der Waals surface area contributed by atoms with Crippen molar-refractivity contribution in [3.63, 3.8) is 0 Å². The second-order valence-electron chi connectivity index (χ2n) is 4.51. The molecule has 1 saturated carbocycles. The van der Waals surface area contributed by atoms with E-state index in [1.54, 1.807) is 12.1 Å². The van der Waals surface area contributed by atoms with Crippen molar-refractivity contribution >= 4 is 5.97 Å². The van der Waals surface area contributed by atoms with Crippen molar-refractivity contribution in [2.24, 2.45) is 5.92 Å². The fraction of sp³-hybridized carbons (Fsp3) is 0.429. The molecule has 1 fully saturated rings. The van der Waals surface area contributed by atoms with Gasteiger partial charge in [0.15, 0.2) is 0 Å². The lowest BCUT2D eigenvalue weighted by molar-refractivity contribution is 0.0696. The number of carboxylic acid groups (broad SMARTS) is 1. The number of nitrogens with zero attached hydrogens (tertiary/aromatic N) is 1. The second-order valence-corrected chi connectivity index (χ2v) is 4.51. The van der Waals surface area contributed by atoms with Gasteiger partial charge in [-0.1, -0.05) is 6.42 Å². The molecule has 1 aliphatic carbocycles. The van der Waals surface area contributed by atoms with E-state index in [4.69, 9.17) is 15.1 Å². The average Bonchev–Trinajstić information content (AvgIpc) is 2.40. The van der Waals surface area contributed by atoms with Crippen molar-refractivity contribution < 1.29 is 14.6 Å². The van der Waals surface area contributed by atoms with Crippen LogP contribution in [0.25, 0.3) is 0 Å². The largest absolute Gasteiger partial charge is 0.489 e. The van der Waals surface area contributed by atoms with E-state index in [0.29, 0.717) is 5.75 Å². The van der Waals surface area contributed by atoms with E-state index < -0.39 is 5.97 Å². The Hall–Kier alpha value is -2.02. The first-order valence-electron chi connectivity index (χ1n) is 6.10. The molecule has 1 aromatic rings. The number of aromatic carboxylic acids is 1. The van der Waals surface area contributed by atoms with Gasteiger partial charge in [0.05, 0.1) is 17.6 Å². The monoisotopic (exact) mass is 245 g/mol. The summed E-state index contributed by atoms with van der Waals surface area (Å²) in [6.07, 6.45) is 3.86. The zero-order valence-electron chi connectivity index (χ0n) is 10.0. The van der Waals surface area contributed by atoms with E-state index in [1.165, 1.54) is 12.1 Å². The van der Waals surface area contributed by atoms with Gasteiger partial charge in [-0.25, -0.2) is 4.79 Å². The average molecular weight is 245 g/mol. The predicted octanol–water partition coefficient (Wildman–Crippen LogP) is 2.85. The first-order chi connectivity index (χ1) is 8.70. The zero-order chi connectivity index (χ0) is 13.0. The Morgan fingerprint density at radius 3 is 2.56 bits per heavy atom. The van der Waals surface area contributed by atoms with Crippen LogP contribution in [0.3, 0.4) is 0 Å². The van der Waals surface area contributed by atoms with Gasteiger partial charge in [-0.3, -0.25) is 0 Å². The smallest absolute Gasteiger partial charge is 0.335 e. The van der Waals surface area contributed by atoms with Gasteiger partial charge in [0.1, 0.15) is 11.9 Å². The fourth-order valence-electron chi connectivity index (χ4n) is 2.24. The van der Waals surface area contributed by atoms with Crippen LogP contribution in [-0.4, -0.2) is 17.2 Å². The van der Waals surface area contributed by atoms with Crippen LogP contribution in [0.5, 0.6) is 5.75 Å². The molecule has 4 nitrogen and oxygen atoms in total. The molecule has 18 heavy (non-hydrogen) atoms. The van der Waals surface area contributed by atoms with Crippen LogP contribution in [-0.2, 0) is 0 Å². The van der Waals surface area contributed by atoms with E-state index >= 15 is 0 Å². The summed E-state index contributed by atoms with van der Waals surface area (Å²) in [6.45, 7) is 0. The van der Waals surface area contributed by atoms with E-state index in [1.807, 2.05) is 0 Å². The van der Waals surface area contributed by atoms with Crippen molar-refractivity contribution in [2.75, 3.05) is 0 Å². The second kappa shape index (κ2) is 5.54. The summed E-state index contributed by atoms with van der Waals surface area (Å²) < 4.78 is 5.78. The van der Waals surface area contributed by atoms with E-state index in [2.05, 4.69) is 6.07 Å². The Balaban J connectivity index is 2.04. The number of ether oxygens (including phenoxy) is 1. The van der Waals surface area contributed by atoms with Crippen molar-refractivity contribution in [1.29, 1.82) is 5.26 Å². The Morgan fingerprint density at radius 2 is 1.94 bits per heavy atom. The van der Waals surface area contributed by atoms with Crippen LogP contribution in [0.1, 0.15) is 36.0 Å². The molecular formula is C14H15NO3. The first-order valence-corrected chi connectivity index (χ1v) is 6.10. The third-order valence-electron chi connectivity index (χ3n) is 3.26. The summed E-state index contributed by atoms with van der Waals surface area (Å²) in [5.74, 6) is -0.376. The van der Waals surface area contributed by atoms with Crippen LogP contribution in [0.2, 0.25) is 0 Å². The molecular weight excluding hydrogens is 230 g/mol. The molecule has 0 heterocycles. The quantitative estimate of drug-likeness (QED) is 0.888. The molecule has 1 N–H and O–H groups in total. The molecule has 0 aliphatic heterocycles. The highest BCUT2D eigenvalue weighted by Crippen LogP contribution is 2.28. The van der Waals surface area contributed by atoms with Crippen LogP contribution in [0.15, 0.2) is 24.3 Å². The highest BCUT2D eigenvalue weighted by Gasteiger charge is 2.26. The predicted molar refractivity (Wildman–Crippen MR) is 65.4 cm³/mol. The zero-order valence-corrected chi connectivity index (χ0v) is 10.0. The van der Waals surface area contributed by atoms with Gasteiger partial charge >= 0.3 is 5.97 Å². The summed E-state index contributed by atoms with van der Waals surface area (Å²) >= 11 is 0. The molecule has 0 amide bonds. The number of hydrogen-bond donors (Lipinski definition) is 1. The molecule has 1 aliphatic rings. The van der Waals surface area contributed by atoms with Crippen molar-refractivity contribution in [1.82, 2.24) is 0 Å². The minimum absolute atomic E-state index is 0.0575. The summed E-state index contributed by atoms with van der Waals surface area (Å²) in [7, 11) is 0. The summed E-state index contributed by atoms with van der Waals surface area (Å²) in [4.78, 5) is 10.7. The highest BCUT2D eigenvalue weighted by molar-refractivity contribution is 5.87. The maximum Gasteiger partial charge on any atom is 0.335 e. The van der Waals surface area contributed by atoms with Gasteiger partial charge in [0, 0.05) is 0 Å². The summed E-state index contributed by atoms with van der Waals surface area (Å²) in [5.41, 5.74) is 0.239. The normalized spacial score (nSPS) is 23.1. The van der Waals surface area contributed by atoms with Gasteiger partial charge in [0.2, 0.25) is 0 Å². The minimum Gasteiger partial charge on any atom is -0.489 e. The Bertz CT molecular complexity index is 461. The fourth-order valence-corrected chi connectivity index (χ4v) is 2.24. The molecule has 0 spiro atoms. The van der Waals surface area contributed by atoms with Crippen molar-refractivity contribution in [3.05, 3.63) is 29.8 Å². The topological polar surface area (TPSA) is 70.3 Å². The lowest BCUT2D eigenvalue weighted by Crippen LogP contribution is -2.29. The Labute approximate surface area is 106 Å². The van der Waals surface area contributed by atoms with E-state index in [-0.39, 0.29) is 17.6 Å². The number of rotatable bonds is 3. The SMILES string of the molecule is N#CC1CCCCC1Oc1ccc(C(=O)O)cc1. The molecule has 2 unspecified atom stereocenters. The Morgan fingerprint density at radius 1 is 1.28 bits per heavy atom. The molecule has 1 aromatic carbocycles. The summed E-state index contributed by atoms with van der Waals surface area (Å²) in [6, 6.07) is 8.61. The van der Waals surface area contributed by atoms with Crippen LogP contribution < -0.4 is 4.74 Å². The highest BCUT2D eigenvalue weighted by atomic mass is 16.5. The molecule has 4 heteroatoms. The number of carboxylic acids is 1. The third-order valence-corrected chi connectivity index (χ3v) is 3.26. The number of benzene rings is 1. The number of hydrogen-bond acceptors (Lipinski definition) is 3. The number of carbonyl (C=O) groups is 1. The first kappa shape index (κ1) is 12.4. The van der Waals surface area contributed by atoms with Crippen LogP contribution in [0, 0.1) is 17.2 Å².